The fourth-order valence-electron chi connectivity index (χ4n) is 7.69. The molecule has 0 radical (unpaired) electrons. The van der Waals surface area contributed by atoms with E-state index in [9.17, 15) is 14.7 Å². The van der Waals surface area contributed by atoms with E-state index in [0.29, 0.717) is 25.7 Å². The Morgan fingerprint density at radius 2 is 1.94 bits per heavy atom. The quantitative estimate of drug-likeness (QED) is 0.683. The largest absolute Gasteiger partial charge is 0.467 e. The predicted octanol–water partition coefficient (Wildman–Crippen LogP) is 2.93. The lowest BCUT2D eigenvalue weighted by Crippen LogP contribution is -2.70. The average Bonchev–Trinajstić information content (AvgIpc) is 3.03. The molecule has 0 saturated heterocycles. The number of halogens is 1. The van der Waals surface area contributed by atoms with E-state index in [1.54, 1.807) is 20.1 Å². The first-order valence-electron chi connectivity index (χ1n) is 11.0. The summed E-state index contributed by atoms with van der Waals surface area (Å²) >= 11 is 0. The number of esters is 1. The monoisotopic (exact) mass is 436 g/mol. The minimum atomic E-state index is -1.91. The van der Waals surface area contributed by atoms with Gasteiger partial charge in [0.15, 0.2) is 17.6 Å². The van der Waals surface area contributed by atoms with Crippen LogP contribution in [-0.4, -0.2) is 61.7 Å². The zero-order valence-electron chi connectivity index (χ0n) is 18.9. The number of hydrogen-bond acceptors (Lipinski definition) is 6. The molecule has 0 aromatic carbocycles. The number of ketones is 1. The van der Waals surface area contributed by atoms with Gasteiger partial charge in [-0.15, -0.1) is 0 Å². The van der Waals surface area contributed by atoms with Crippen LogP contribution >= 0.6 is 0 Å². The Kier molecular flexibility index (Phi) is 5.27. The second-order valence-electron chi connectivity index (χ2n) is 10.0. The first kappa shape index (κ1) is 22.6. The fraction of sp³-hybridized carbons (Fsp3) is 0.750. The maximum Gasteiger partial charge on any atom is 0.338 e. The molecule has 0 aliphatic heterocycles. The third-order valence-electron chi connectivity index (χ3n) is 9.26. The summed E-state index contributed by atoms with van der Waals surface area (Å²) in [6.45, 7) is 3.78. The SMILES string of the molecule is COC(=O)[C@@H](OC)[C@@]1(OC)CC[C@H]2[C@@H]3CCC4=CC(=O)C=C[C@]4(C)[C@@]3(F)C(O)C[C@@]21C. The molecular formula is C24H33FO6. The number of allylic oxidation sites excluding steroid dienone is 4. The Bertz CT molecular complexity index is 853. The molecule has 3 fully saturated rings. The van der Waals surface area contributed by atoms with Crippen LogP contribution in [0.3, 0.4) is 0 Å². The molecule has 4 rings (SSSR count). The van der Waals surface area contributed by atoms with Crippen LogP contribution in [0.5, 0.6) is 0 Å². The number of aliphatic hydroxyl groups excluding tert-OH is 1. The molecule has 1 N–H and O–H groups in total. The number of aliphatic hydroxyl groups is 1. The summed E-state index contributed by atoms with van der Waals surface area (Å²) < 4.78 is 33.7. The average molecular weight is 437 g/mol. The number of ether oxygens (including phenoxy) is 3. The summed E-state index contributed by atoms with van der Waals surface area (Å²) in [5.74, 6) is -1.22. The molecular weight excluding hydrogens is 403 g/mol. The minimum Gasteiger partial charge on any atom is -0.467 e. The minimum absolute atomic E-state index is 0.118. The van der Waals surface area contributed by atoms with Crippen molar-refractivity contribution in [1.29, 1.82) is 0 Å². The zero-order chi connectivity index (χ0) is 22.8. The van der Waals surface area contributed by atoms with E-state index >= 15 is 4.39 Å². The summed E-state index contributed by atoms with van der Waals surface area (Å²) in [5, 5.41) is 11.4. The van der Waals surface area contributed by atoms with Crippen LogP contribution in [0, 0.1) is 22.7 Å². The third kappa shape index (κ3) is 2.60. The summed E-state index contributed by atoms with van der Waals surface area (Å²) in [5.41, 5.74) is -3.91. The Balaban J connectivity index is 1.81. The van der Waals surface area contributed by atoms with Crippen LogP contribution in [-0.2, 0) is 23.8 Å². The van der Waals surface area contributed by atoms with Crippen LogP contribution < -0.4 is 0 Å². The molecule has 4 aliphatic rings. The van der Waals surface area contributed by atoms with Crippen LogP contribution in [0.2, 0.25) is 0 Å². The second kappa shape index (κ2) is 7.22. The van der Waals surface area contributed by atoms with Gasteiger partial charge in [0, 0.05) is 31.0 Å². The molecule has 3 saturated carbocycles. The Hall–Kier alpha value is -1.57. The maximum atomic E-state index is 17.1. The van der Waals surface area contributed by atoms with Crippen molar-refractivity contribution in [2.75, 3.05) is 21.3 Å². The molecule has 6 nitrogen and oxygen atoms in total. The van der Waals surface area contributed by atoms with Crippen molar-refractivity contribution in [1.82, 2.24) is 0 Å². The van der Waals surface area contributed by atoms with Gasteiger partial charge in [-0.3, -0.25) is 4.79 Å². The van der Waals surface area contributed by atoms with Crippen molar-refractivity contribution in [3.8, 4) is 0 Å². The van der Waals surface area contributed by atoms with Gasteiger partial charge in [0.05, 0.1) is 13.2 Å². The van der Waals surface area contributed by atoms with Crippen LogP contribution in [0.4, 0.5) is 4.39 Å². The van der Waals surface area contributed by atoms with Crippen LogP contribution in [0.15, 0.2) is 23.8 Å². The predicted molar refractivity (Wildman–Crippen MR) is 111 cm³/mol. The van der Waals surface area contributed by atoms with Gasteiger partial charge in [0.2, 0.25) is 0 Å². The van der Waals surface area contributed by atoms with Crippen molar-refractivity contribution in [2.24, 2.45) is 22.7 Å². The smallest absolute Gasteiger partial charge is 0.338 e. The lowest BCUT2D eigenvalue weighted by molar-refractivity contribution is -0.246. The highest BCUT2D eigenvalue weighted by molar-refractivity contribution is 6.01. The van der Waals surface area contributed by atoms with Crippen molar-refractivity contribution in [2.45, 2.75) is 69.4 Å². The second-order valence-corrected chi connectivity index (χ2v) is 10.0. The summed E-state index contributed by atoms with van der Waals surface area (Å²) in [7, 11) is 4.30. The topological polar surface area (TPSA) is 82.1 Å². The number of alkyl halides is 1. The van der Waals surface area contributed by atoms with E-state index in [0.717, 1.165) is 5.57 Å². The number of hydrogen-bond donors (Lipinski definition) is 1. The highest BCUT2D eigenvalue weighted by Crippen LogP contribution is 2.70. The number of rotatable bonds is 4. The highest BCUT2D eigenvalue weighted by atomic mass is 19.1. The van der Waals surface area contributed by atoms with Crippen LogP contribution in [0.25, 0.3) is 0 Å². The van der Waals surface area contributed by atoms with Gasteiger partial charge >= 0.3 is 5.97 Å². The number of fused-ring (bicyclic) bond motifs is 5. The van der Waals surface area contributed by atoms with Gasteiger partial charge in [0.1, 0.15) is 5.60 Å². The van der Waals surface area contributed by atoms with Gasteiger partial charge in [-0.2, -0.15) is 0 Å². The fourth-order valence-corrected chi connectivity index (χ4v) is 7.69. The van der Waals surface area contributed by atoms with Gasteiger partial charge < -0.3 is 19.3 Å². The molecule has 0 bridgehead atoms. The molecule has 0 aromatic heterocycles. The van der Waals surface area contributed by atoms with E-state index in [2.05, 4.69) is 0 Å². The molecule has 0 spiro atoms. The van der Waals surface area contributed by atoms with Crippen molar-refractivity contribution in [3.63, 3.8) is 0 Å². The first-order valence-corrected chi connectivity index (χ1v) is 11.0. The number of carbonyl (C=O) groups excluding carboxylic acids is 2. The van der Waals surface area contributed by atoms with E-state index in [4.69, 9.17) is 14.2 Å². The third-order valence-corrected chi connectivity index (χ3v) is 9.26. The molecule has 0 amide bonds. The van der Waals surface area contributed by atoms with E-state index in [1.807, 2.05) is 6.92 Å². The zero-order valence-corrected chi connectivity index (χ0v) is 18.9. The maximum absolute atomic E-state index is 17.1. The Morgan fingerprint density at radius 3 is 2.55 bits per heavy atom. The number of methoxy groups -OCH3 is 3. The summed E-state index contributed by atoms with van der Waals surface area (Å²) in [6.07, 6.45) is 4.76. The van der Waals surface area contributed by atoms with E-state index in [1.165, 1.54) is 26.4 Å². The molecule has 1 unspecified atom stereocenters. The first-order chi connectivity index (χ1) is 14.6. The standard InChI is InChI=1S/C24H33FO6/c1-21-10-8-15(26)12-14(21)6-7-17-16-9-11-23(31-5,19(29-3)20(28)30-4)22(16,2)13-18(27)24(17,21)25/h8,10,12,16-19,27H,6-7,9,11,13H2,1-5H3/t16-,17-,18?,19+,21-,22-,23-,24-/m0/s1. The molecule has 31 heavy (non-hydrogen) atoms. The Labute approximate surface area is 182 Å². The van der Waals surface area contributed by atoms with Gasteiger partial charge in [-0.1, -0.05) is 18.6 Å². The van der Waals surface area contributed by atoms with Crippen molar-refractivity contribution >= 4 is 11.8 Å². The summed E-state index contributed by atoms with van der Waals surface area (Å²) in [6, 6.07) is 0. The summed E-state index contributed by atoms with van der Waals surface area (Å²) in [4.78, 5) is 24.5. The molecule has 0 aromatic rings. The highest BCUT2D eigenvalue weighted by Gasteiger charge is 2.75. The van der Waals surface area contributed by atoms with Gasteiger partial charge in [-0.25, -0.2) is 9.18 Å². The van der Waals surface area contributed by atoms with E-state index in [-0.39, 0.29) is 18.1 Å². The molecule has 0 heterocycles. The lowest BCUT2D eigenvalue weighted by Gasteiger charge is -2.63. The Morgan fingerprint density at radius 1 is 1.23 bits per heavy atom. The van der Waals surface area contributed by atoms with Gasteiger partial charge in [0.25, 0.3) is 0 Å². The van der Waals surface area contributed by atoms with Crippen LogP contribution in [0.1, 0.15) is 46.0 Å². The molecule has 8 atom stereocenters. The normalized spacial score (nSPS) is 47.1. The van der Waals surface area contributed by atoms with Crippen molar-refractivity contribution in [3.05, 3.63) is 23.8 Å². The molecule has 172 valence electrons. The van der Waals surface area contributed by atoms with Crippen molar-refractivity contribution < 1.29 is 33.3 Å². The lowest BCUT2D eigenvalue weighted by atomic mass is 9.44. The van der Waals surface area contributed by atoms with E-state index < -0.39 is 46.2 Å². The molecule has 4 aliphatic carbocycles. The number of carbonyl (C=O) groups is 2. The van der Waals surface area contributed by atoms with Gasteiger partial charge in [-0.05, 0) is 57.1 Å². The molecule has 7 heteroatoms.